The van der Waals surface area contributed by atoms with Gasteiger partial charge in [-0.1, -0.05) is 0 Å². The van der Waals surface area contributed by atoms with E-state index in [0.29, 0.717) is 11.8 Å². The van der Waals surface area contributed by atoms with Crippen LogP contribution < -0.4 is 0 Å². The van der Waals surface area contributed by atoms with Gasteiger partial charge in [-0.05, 0) is 20.0 Å². The van der Waals surface area contributed by atoms with Crippen molar-refractivity contribution in [1.29, 1.82) is 0 Å². The first-order valence-corrected chi connectivity index (χ1v) is 5.09. The van der Waals surface area contributed by atoms with Gasteiger partial charge in [-0.2, -0.15) is 0 Å². The summed E-state index contributed by atoms with van der Waals surface area (Å²) in [4.78, 5) is 15.0. The van der Waals surface area contributed by atoms with Crippen LogP contribution in [-0.4, -0.2) is 55.9 Å². The van der Waals surface area contributed by atoms with E-state index in [1.807, 2.05) is 0 Å². The van der Waals surface area contributed by atoms with Gasteiger partial charge in [0.25, 0.3) is 0 Å². The van der Waals surface area contributed by atoms with E-state index in [9.17, 15) is 4.79 Å². The van der Waals surface area contributed by atoms with E-state index in [-0.39, 0.29) is 0 Å². The van der Waals surface area contributed by atoms with Gasteiger partial charge in [-0.3, -0.25) is 0 Å². The molecule has 0 aromatic carbocycles. The molecule has 3 heteroatoms. The molecule has 2 heterocycles. The number of likely N-dealkylation sites (tertiary alicyclic amines) is 2. The molecule has 0 unspecified atom stereocenters. The lowest BCUT2D eigenvalue weighted by Crippen LogP contribution is -2.55. The Morgan fingerprint density at radius 1 is 1.38 bits per heavy atom. The Hall–Kier alpha value is -0.410. The van der Waals surface area contributed by atoms with Crippen LogP contribution in [0, 0.1) is 5.41 Å². The molecule has 74 valence electrons. The summed E-state index contributed by atoms with van der Waals surface area (Å²) in [5, 5.41) is 0. The molecular formula is C10H18N2O. The quantitative estimate of drug-likeness (QED) is 0.583. The van der Waals surface area contributed by atoms with Gasteiger partial charge in [0.1, 0.15) is 6.29 Å². The van der Waals surface area contributed by atoms with E-state index >= 15 is 0 Å². The van der Waals surface area contributed by atoms with Gasteiger partial charge in [0, 0.05) is 38.0 Å². The Morgan fingerprint density at radius 2 is 2.15 bits per heavy atom. The zero-order chi connectivity index (χ0) is 9.31. The Balaban J connectivity index is 1.78. The van der Waals surface area contributed by atoms with Gasteiger partial charge in [0.15, 0.2) is 0 Å². The normalized spacial score (nSPS) is 27.8. The molecule has 2 rings (SSSR count). The van der Waals surface area contributed by atoms with Crippen LogP contribution in [0.4, 0.5) is 0 Å². The van der Waals surface area contributed by atoms with Gasteiger partial charge >= 0.3 is 0 Å². The van der Waals surface area contributed by atoms with Crippen molar-refractivity contribution < 1.29 is 4.79 Å². The van der Waals surface area contributed by atoms with Crippen LogP contribution in [0.3, 0.4) is 0 Å². The van der Waals surface area contributed by atoms with Crippen LogP contribution in [-0.2, 0) is 4.79 Å². The summed E-state index contributed by atoms with van der Waals surface area (Å²) < 4.78 is 0. The smallest absolute Gasteiger partial charge is 0.121 e. The van der Waals surface area contributed by atoms with Crippen LogP contribution in [0.2, 0.25) is 0 Å². The highest BCUT2D eigenvalue weighted by Crippen LogP contribution is 2.38. The van der Waals surface area contributed by atoms with Crippen LogP contribution in [0.15, 0.2) is 0 Å². The average molecular weight is 182 g/mol. The van der Waals surface area contributed by atoms with Crippen molar-refractivity contribution in [2.75, 3.05) is 39.8 Å². The monoisotopic (exact) mass is 182 g/mol. The number of carbonyl (C=O) groups excluding carboxylic acids is 1. The first kappa shape index (κ1) is 9.16. The molecule has 0 aliphatic carbocycles. The minimum absolute atomic E-state index is 0.595. The number of hydrogen-bond donors (Lipinski definition) is 0. The standard InChI is InChI=1S/C10H18N2O/c1-11-7-10(8-11)3-5-12(9-10)4-2-6-13/h6H,2-5,7-9H2,1H3. The number of nitrogens with zero attached hydrogens (tertiary/aromatic N) is 2. The summed E-state index contributed by atoms with van der Waals surface area (Å²) >= 11 is 0. The van der Waals surface area contributed by atoms with Crippen LogP contribution in [0.25, 0.3) is 0 Å². The van der Waals surface area contributed by atoms with Crippen molar-refractivity contribution in [2.45, 2.75) is 12.8 Å². The second-order valence-corrected chi connectivity index (χ2v) is 4.65. The minimum atomic E-state index is 0.595. The predicted molar refractivity (Wildman–Crippen MR) is 51.7 cm³/mol. The Labute approximate surface area is 79.7 Å². The van der Waals surface area contributed by atoms with E-state index in [2.05, 4.69) is 16.8 Å². The fourth-order valence-corrected chi connectivity index (χ4v) is 2.81. The van der Waals surface area contributed by atoms with Crippen LogP contribution >= 0.6 is 0 Å². The molecule has 2 fully saturated rings. The lowest BCUT2D eigenvalue weighted by molar-refractivity contribution is -0.108. The molecule has 0 bridgehead atoms. The first-order valence-electron chi connectivity index (χ1n) is 5.09. The molecule has 1 spiro atoms. The summed E-state index contributed by atoms with van der Waals surface area (Å²) in [6, 6.07) is 0. The third-order valence-electron chi connectivity index (χ3n) is 3.29. The predicted octanol–water partition coefficient (Wildman–Crippen LogP) is 0.213. The van der Waals surface area contributed by atoms with E-state index in [4.69, 9.17) is 0 Å². The highest BCUT2D eigenvalue weighted by atomic mass is 16.1. The molecule has 0 saturated carbocycles. The number of rotatable bonds is 3. The zero-order valence-electron chi connectivity index (χ0n) is 8.33. The van der Waals surface area contributed by atoms with Crippen LogP contribution in [0.1, 0.15) is 12.8 Å². The maximum absolute atomic E-state index is 10.2. The molecule has 3 nitrogen and oxygen atoms in total. The van der Waals surface area contributed by atoms with Gasteiger partial charge in [0.05, 0.1) is 0 Å². The van der Waals surface area contributed by atoms with Gasteiger partial charge < -0.3 is 14.6 Å². The van der Waals surface area contributed by atoms with Crippen molar-refractivity contribution in [3.05, 3.63) is 0 Å². The third kappa shape index (κ3) is 1.76. The molecule has 0 atom stereocenters. The third-order valence-corrected chi connectivity index (χ3v) is 3.29. The minimum Gasteiger partial charge on any atom is -0.305 e. The number of hydrogen-bond acceptors (Lipinski definition) is 3. The summed E-state index contributed by atoms with van der Waals surface area (Å²) in [7, 11) is 2.18. The van der Waals surface area contributed by atoms with Gasteiger partial charge in [-0.15, -0.1) is 0 Å². The SMILES string of the molecule is CN1CC2(CCN(CCC=O)C2)C1. The molecule has 13 heavy (non-hydrogen) atoms. The molecule has 0 aromatic heterocycles. The summed E-state index contributed by atoms with van der Waals surface area (Å²) in [6.45, 7) is 5.89. The van der Waals surface area contributed by atoms with Gasteiger partial charge in [0.2, 0.25) is 0 Å². The Morgan fingerprint density at radius 3 is 2.77 bits per heavy atom. The first-order chi connectivity index (χ1) is 6.24. The second kappa shape index (κ2) is 3.39. The fourth-order valence-electron chi connectivity index (χ4n) is 2.81. The maximum Gasteiger partial charge on any atom is 0.121 e. The van der Waals surface area contributed by atoms with Gasteiger partial charge in [-0.25, -0.2) is 0 Å². The molecule has 2 saturated heterocycles. The van der Waals surface area contributed by atoms with Crippen molar-refractivity contribution >= 4 is 6.29 Å². The topological polar surface area (TPSA) is 23.6 Å². The van der Waals surface area contributed by atoms with E-state index in [0.717, 1.165) is 12.8 Å². The molecule has 0 radical (unpaired) electrons. The fraction of sp³-hybridized carbons (Fsp3) is 0.900. The summed E-state index contributed by atoms with van der Waals surface area (Å²) in [5.41, 5.74) is 0.595. The molecule has 2 aliphatic heterocycles. The van der Waals surface area contributed by atoms with Crippen LogP contribution in [0.5, 0.6) is 0 Å². The molecule has 0 aromatic rings. The number of aldehydes is 1. The Kier molecular flexibility index (Phi) is 2.39. The molecule has 0 N–H and O–H groups in total. The maximum atomic E-state index is 10.2. The summed E-state index contributed by atoms with van der Waals surface area (Å²) in [6.07, 6.45) is 3.06. The largest absolute Gasteiger partial charge is 0.305 e. The highest BCUT2D eigenvalue weighted by molar-refractivity contribution is 5.49. The highest BCUT2D eigenvalue weighted by Gasteiger charge is 2.45. The lowest BCUT2D eigenvalue weighted by Gasteiger charge is -2.46. The van der Waals surface area contributed by atoms with Crippen molar-refractivity contribution in [1.82, 2.24) is 9.80 Å². The van der Waals surface area contributed by atoms with Crippen molar-refractivity contribution in [2.24, 2.45) is 5.41 Å². The average Bonchev–Trinajstić information content (AvgIpc) is 2.45. The van der Waals surface area contributed by atoms with Crippen molar-refractivity contribution in [3.8, 4) is 0 Å². The summed E-state index contributed by atoms with van der Waals surface area (Å²) in [5.74, 6) is 0. The zero-order valence-corrected chi connectivity index (χ0v) is 8.33. The van der Waals surface area contributed by atoms with E-state index in [1.165, 1.54) is 32.6 Å². The van der Waals surface area contributed by atoms with E-state index in [1.54, 1.807) is 0 Å². The van der Waals surface area contributed by atoms with Crippen molar-refractivity contribution in [3.63, 3.8) is 0 Å². The second-order valence-electron chi connectivity index (χ2n) is 4.65. The van der Waals surface area contributed by atoms with E-state index < -0.39 is 0 Å². The Bertz CT molecular complexity index is 199. The lowest BCUT2D eigenvalue weighted by atomic mass is 9.79. The number of carbonyl (C=O) groups is 1. The molecule has 0 amide bonds. The molecule has 2 aliphatic rings. The molecular weight excluding hydrogens is 164 g/mol.